The summed E-state index contributed by atoms with van der Waals surface area (Å²) in [4.78, 5) is 35.4. The summed E-state index contributed by atoms with van der Waals surface area (Å²) < 4.78 is 0. The van der Waals surface area contributed by atoms with Gasteiger partial charge in [-0.2, -0.15) is 9.97 Å². The van der Waals surface area contributed by atoms with E-state index in [2.05, 4.69) is 15.0 Å². The Kier molecular flexibility index (Phi) is 4.02. The summed E-state index contributed by atoms with van der Waals surface area (Å²) in [6.45, 7) is 5.18. The molecule has 0 aliphatic rings. The second kappa shape index (κ2) is 5.28. The van der Waals surface area contributed by atoms with Crippen LogP contribution in [0, 0.1) is 0 Å². The van der Waals surface area contributed by atoms with E-state index in [1.807, 2.05) is 13.8 Å². The van der Waals surface area contributed by atoms with E-state index in [1.54, 1.807) is 4.90 Å². The first-order valence-corrected chi connectivity index (χ1v) is 5.26. The van der Waals surface area contributed by atoms with Crippen LogP contribution < -0.4 is 21.2 Å². The predicted octanol–water partition coefficient (Wildman–Crippen LogP) is -0.474. The lowest BCUT2D eigenvalue weighted by atomic mass is 10.5. The normalized spacial score (nSPS) is 10.1. The molecule has 0 aliphatic carbocycles. The maximum atomic E-state index is 11.4. The number of H-pyrrole nitrogens is 1. The van der Waals surface area contributed by atoms with Gasteiger partial charge in [-0.25, -0.2) is 9.59 Å². The van der Waals surface area contributed by atoms with E-state index in [0.717, 1.165) is 4.90 Å². The smallest absolute Gasteiger partial charge is 0.351 e. The molecule has 1 aromatic heterocycles. The predicted molar refractivity (Wildman–Crippen MR) is 64.2 cm³/mol. The zero-order valence-corrected chi connectivity index (χ0v) is 10.1. The maximum absolute atomic E-state index is 11.4. The van der Waals surface area contributed by atoms with Gasteiger partial charge in [0.1, 0.15) is 0 Å². The van der Waals surface area contributed by atoms with Crippen molar-refractivity contribution >= 4 is 17.9 Å². The molecular formula is C9H16N6O2. The molecule has 0 bridgehead atoms. The number of hydrogen-bond acceptors (Lipinski definition) is 5. The van der Waals surface area contributed by atoms with Gasteiger partial charge in [0.2, 0.25) is 11.9 Å². The Bertz CT molecular complexity index is 453. The number of aromatic amines is 1. The number of carbonyl (C=O) groups is 1. The SMILES string of the molecule is CCN(CC)c1nc(N(C)C(N)=O)[nH]c(=O)n1. The van der Waals surface area contributed by atoms with E-state index >= 15 is 0 Å². The summed E-state index contributed by atoms with van der Waals surface area (Å²) in [7, 11) is 1.42. The largest absolute Gasteiger partial charge is 0.351 e. The molecule has 0 radical (unpaired) electrons. The van der Waals surface area contributed by atoms with Gasteiger partial charge >= 0.3 is 11.7 Å². The third-order valence-corrected chi connectivity index (χ3v) is 2.32. The molecule has 8 nitrogen and oxygen atoms in total. The molecule has 3 N–H and O–H groups in total. The quantitative estimate of drug-likeness (QED) is 0.739. The van der Waals surface area contributed by atoms with Crippen LogP contribution in [0.5, 0.6) is 0 Å². The average molecular weight is 240 g/mol. The molecule has 0 atom stereocenters. The van der Waals surface area contributed by atoms with E-state index in [4.69, 9.17) is 5.73 Å². The zero-order valence-electron chi connectivity index (χ0n) is 10.1. The lowest BCUT2D eigenvalue weighted by Crippen LogP contribution is -2.36. The van der Waals surface area contributed by atoms with Crippen LogP contribution in [0.25, 0.3) is 0 Å². The van der Waals surface area contributed by atoms with Crippen LogP contribution in [0.4, 0.5) is 16.7 Å². The Morgan fingerprint density at radius 3 is 2.41 bits per heavy atom. The average Bonchev–Trinajstić information content (AvgIpc) is 2.28. The van der Waals surface area contributed by atoms with Gasteiger partial charge in [0.25, 0.3) is 0 Å². The van der Waals surface area contributed by atoms with Gasteiger partial charge in [-0.05, 0) is 13.8 Å². The number of rotatable bonds is 4. The van der Waals surface area contributed by atoms with Crippen molar-refractivity contribution < 1.29 is 4.79 Å². The van der Waals surface area contributed by atoms with Gasteiger partial charge in [-0.15, -0.1) is 0 Å². The summed E-state index contributed by atoms with van der Waals surface area (Å²) in [6, 6.07) is -0.704. The Morgan fingerprint density at radius 2 is 1.94 bits per heavy atom. The number of urea groups is 1. The molecule has 94 valence electrons. The Morgan fingerprint density at radius 1 is 1.35 bits per heavy atom. The minimum Gasteiger partial charge on any atom is -0.351 e. The monoisotopic (exact) mass is 240 g/mol. The third-order valence-electron chi connectivity index (χ3n) is 2.32. The van der Waals surface area contributed by atoms with Crippen molar-refractivity contribution in [1.82, 2.24) is 15.0 Å². The molecule has 2 amide bonds. The number of nitrogens with zero attached hydrogens (tertiary/aromatic N) is 4. The van der Waals surface area contributed by atoms with Gasteiger partial charge in [0.15, 0.2) is 0 Å². The van der Waals surface area contributed by atoms with E-state index in [9.17, 15) is 9.59 Å². The molecule has 0 aliphatic heterocycles. The number of anilines is 2. The van der Waals surface area contributed by atoms with E-state index in [-0.39, 0.29) is 11.9 Å². The van der Waals surface area contributed by atoms with Crippen LogP contribution in [-0.2, 0) is 0 Å². The van der Waals surface area contributed by atoms with Gasteiger partial charge < -0.3 is 10.6 Å². The molecule has 0 fully saturated rings. The van der Waals surface area contributed by atoms with E-state index in [1.165, 1.54) is 7.05 Å². The van der Waals surface area contributed by atoms with Crippen molar-refractivity contribution in [3.63, 3.8) is 0 Å². The minimum absolute atomic E-state index is 0.0828. The fourth-order valence-electron chi connectivity index (χ4n) is 1.27. The summed E-state index contributed by atoms with van der Waals surface area (Å²) in [5.74, 6) is 0.362. The molecule has 0 spiro atoms. The number of hydrogen-bond donors (Lipinski definition) is 2. The van der Waals surface area contributed by atoms with Gasteiger partial charge in [0.05, 0.1) is 0 Å². The summed E-state index contributed by atoms with van der Waals surface area (Å²) in [5.41, 5.74) is 4.54. The zero-order chi connectivity index (χ0) is 13.0. The molecule has 1 rings (SSSR count). The van der Waals surface area contributed by atoms with Crippen molar-refractivity contribution in [2.75, 3.05) is 29.9 Å². The van der Waals surface area contributed by atoms with Gasteiger partial charge in [-0.3, -0.25) is 9.88 Å². The van der Waals surface area contributed by atoms with Crippen molar-refractivity contribution in [3.8, 4) is 0 Å². The standard InChI is InChI=1S/C9H16N6O2/c1-4-15(5-2)8-11-7(12-9(17)13-8)14(3)6(10)16/h4-5H2,1-3H3,(H2,10,16)(H,11,12,13,17). The summed E-state index contributed by atoms with van der Waals surface area (Å²) >= 11 is 0. The fourth-order valence-corrected chi connectivity index (χ4v) is 1.27. The van der Waals surface area contributed by atoms with E-state index < -0.39 is 11.7 Å². The number of carbonyl (C=O) groups excluding carboxylic acids is 1. The fraction of sp³-hybridized carbons (Fsp3) is 0.556. The number of nitrogens with two attached hydrogens (primary N) is 1. The van der Waals surface area contributed by atoms with Crippen molar-refractivity contribution in [2.24, 2.45) is 5.73 Å². The second-order valence-corrected chi connectivity index (χ2v) is 3.35. The first kappa shape index (κ1) is 12.9. The second-order valence-electron chi connectivity index (χ2n) is 3.35. The third kappa shape index (κ3) is 2.92. The lowest BCUT2D eigenvalue weighted by Gasteiger charge is -2.19. The first-order chi connectivity index (χ1) is 7.99. The Labute approximate surface area is 98.5 Å². The number of amides is 2. The molecule has 0 saturated carbocycles. The van der Waals surface area contributed by atoms with Gasteiger partial charge in [0, 0.05) is 20.1 Å². The van der Waals surface area contributed by atoms with Crippen LogP contribution >= 0.6 is 0 Å². The van der Waals surface area contributed by atoms with Crippen molar-refractivity contribution in [3.05, 3.63) is 10.5 Å². The van der Waals surface area contributed by atoms with Crippen LogP contribution in [0.15, 0.2) is 4.79 Å². The molecule has 0 unspecified atom stereocenters. The highest BCUT2D eigenvalue weighted by Crippen LogP contribution is 2.08. The Balaban J connectivity index is 3.18. The van der Waals surface area contributed by atoms with Crippen LogP contribution in [0.2, 0.25) is 0 Å². The van der Waals surface area contributed by atoms with Crippen molar-refractivity contribution in [2.45, 2.75) is 13.8 Å². The summed E-state index contributed by atoms with van der Waals surface area (Å²) in [5, 5.41) is 0. The van der Waals surface area contributed by atoms with Crippen LogP contribution in [-0.4, -0.2) is 41.1 Å². The maximum Gasteiger partial charge on any atom is 0.351 e. The van der Waals surface area contributed by atoms with E-state index in [0.29, 0.717) is 13.1 Å². The number of primary amides is 1. The Hall–Kier alpha value is -2.12. The molecule has 0 saturated heterocycles. The van der Waals surface area contributed by atoms with Crippen LogP contribution in [0.3, 0.4) is 0 Å². The lowest BCUT2D eigenvalue weighted by molar-refractivity contribution is 0.255. The van der Waals surface area contributed by atoms with Crippen molar-refractivity contribution in [1.29, 1.82) is 0 Å². The molecular weight excluding hydrogens is 224 g/mol. The van der Waals surface area contributed by atoms with Crippen LogP contribution in [0.1, 0.15) is 13.8 Å². The number of aromatic nitrogens is 3. The minimum atomic E-state index is -0.704. The molecule has 1 heterocycles. The summed E-state index contributed by atoms with van der Waals surface area (Å²) in [6.07, 6.45) is 0. The highest BCUT2D eigenvalue weighted by atomic mass is 16.2. The highest BCUT2D eigenvalue weighted by Gasteiger charge is 2.13. The molecule has 8 heteroatoms. The molecule has 0 aromatic carbocycles. The molecule has 1 aromatic rings. The van der Waals surface area contributed by atoms with Gasteiger partial charge in [-0.1, -0.05) is 0 Å². The first-order valence-electron chi connectivity index (χ1n) is 5.26. The topological polar surface area (TPSA) is 108 Å². The highest BCUT2D eigenvalue weighted by molar-refractivity contribution is 5.87. The number of nitrogens with one attached hydrogen (secondary N) is 1. The molecule has 17 heavy (non-hydrogen) atoms.